The fraction of sp³-hybridized carbons (Fsp3) is 0.111. The first-order valence-corrected chi connectivity index (χ1v) is 9.91. The molecule has 0 saturated heterocycles. The van der Waals surface area contributed by atoms with Crippen LogP contribution in [0.2, 0.25) is 0 Å². The lowest BCUT2D eigenvalue weighted by atomic mass is 10.0. The standard InChI is InChI=1S/C27H23N/c1-19(2)21-15-16-25-24-13-6-7-14-26(24)28(27(25)18-21)23-12-8-11-22(17-23)20-9-4-3-5-10-20/h3-19H,1-2H3. The highest BCUT2D eigenvalue weighted by Crippen LogP contribution is 2.34. The maximum absolute atomic E-state index is 2.41. The molecule has 0 unspecified atom stereocenters. The SMILES string of the molecule is CC(C)c1ccc2c3ccccc3n(-c3cccc(-c4ccccc4)c3)c2c1. The highest BCUT2D eigenvalue weighted by atomic mass is 15.0. The molecule has 0 aliphatic carbocycles. The summed E-state index contributed by atoms with van der Waals surface area (Å²) in [5.74, 6) is 0.506. The summed E-state index contributed by atoms with van der Waals surface area (Å²) < 4.78 is 2.41. The highest BCUT2D eigenvalue weighted by Gasteiger charge is 2.13. The molecule has 0 fully saturated rings. The van der Waals surface area contributed by atoms with Gasteiger partial charge in [0.25, 0.3) is 0 Å². The molecule has 0 atom stereocenters. The Morgan fingerprint density at radius 2 is 1.29 bits per heavy atom. The summed E-state index contributed by atoms with van der Waals surface area (Å²) in [4.78, 5) is 0. The molecule has 1 heterocycles. The van der Waals surface area contributed by atoms with Crippen molar-refractivity contribution in [1.82, 2.24) is 4.57 Å². The third-order valence-corrected chi connectivity index (χ3v) is 5.58. The second kappa shape index (κ2) is 6.69. The van der Waals surface area contributed by atoms with E-state index < -0.39 is 0 Å². The van der Waals surface area contributed by atoms with E-state index >= 15 is 0 Å². The summed E-state index contributed by atoms with van der Waals surface area (Å²) in [5.41, 5.74) is 7.59. The number of hydrogen-bond donors (Lipinski definition) is 0. The van der Waals surface area contributed by atoms with Crippen LogP contribution in [0.15, 0.2) is 97.1 Å². The van der Waals surface area contributed by atoms with Crippen molar-refractivity contribution in [3.8, 4) is 16.8 Å². The van der Waals surface area contributed by atoms with Crippen LogP contribution in [-0.2, 0) is 0 Å². The van der Waals surface area contributed by atoms with Gasteiger partial charge in [-0.2, -0.15) is 0 Å². The molecule has 0 aliphatic rings. The van der Waals surface area contributed by atoms with Crippen molar-refractivity contribution >= 4 is 21.8 Å². The van der Waals surface area contributed by atoms with Crippen LogP contribution in [0.5, 0.6) is 0 Å². The first-order valence-electron chi connectivity index (χ1n) is 9.91. The van der Waals surface area contributed by atoms with E-state index in [1.807, 2.05) is 0 Å². The van der Waals surface area contributed by atoms with Gasteiger partial charge in [-0.15, -0.1) is 0 Å². The molecule has 5 aromatic rings. The molecule has 5 rings (SSSR count). The first-order chi connectivity index (χ1) is 13.7. The lowest BCUT2D eigenvalue weighted by Crippen LogP contribution is -1.95. The van der Waals surface area contributed by atoms with E-state index in [0.29, 0.717) is 5.92 Å². The zero-order valence-electron chi connectivity index (χ0n) is 16.3. The molecule has 0 radical (unpaired) electrons. The number of nitrogens with zero attached hydrogens (tertiary/aromatic N) is 1. The number of rotatable bonds is 3. The van der Waals surface area contributed by atoms with Crippen LogP contribution in [0.25, 0.3) is 38.6 Å². The van der Waals surface area contributed by atoms with E-state index in [4.69, 9.17) is 0 Å². The normalized spacial score (nSPS) is 11.5. The highest BCUT2D eigenvalue weighted by molar-refractivity contribution is 6.09. The molecular weight excluding hydrogens is 338 g/mol. The van der Waals surface area contributed by atoms with Gasteiger partial charge < -0.3 is 4.57 Å². The Labute approximate surface area is 165 Å². The predicted molar refractivity (Wildman–Crippen MR) is 120 cm³/mol. The number of fused-ring (bicyclic) bond motifs is 3. The first kappa shape index (κ1) is 16.8. The van der Waals surface area contributed by atoms with E-state index in [1.165, 1.54) is 44.2 Å². The lowest BCUT2D eigenvalue weighted by Gasteiger charge is -2.12. The molecule has 0 bridgehead atoms. The van der Waals surface area contributed by atoms with Gasteiger partial charge in [-0.05, 0) is 46.9 Å². The zero-order chi connectivity index (χ0) is 19.1. The smallest absolute Gasteiger partial charge is 0.0543 e. The molecule has 1 aromatic heterocycles. The van der Waals surface area contributed by atoms with Gasteiger partial charge >= 0.3 is 0 Å². The summed E-state index contributed by atoms with van der Waals surface area (Å²) in [6.45, 7) is 4.51. The van der Waals surface area contributed by atoms with Crippen molar-refractivity contribution in [3.63, 3.8) is 0 Å². The van der Waals surface area contributed by atoms with Gasteiger partial charge in [-0.1, -0.05) is 86.6 Å². The van der Waals surface area contributed by atoms with Crippen LogP contribution in [0.4, 0.5) is 0 Å². The van der Waals surface area contributed by atoms with Crippen molar-refractivity contribution < 1.29 is 0 Å². The number of hydrogen-bond acceptors (Lipinski definition) is 0. The summed E-state index contributed by atoms with van der Waals surface area (Å²) >= 11 is 0. The Balaban J connectivity index is 1.81. The summed E-state index contributed by atoms with van der Waals surface area (Å²) in [6.07, 6.45) is 0. The van der Waals surface area contributed by atoms with Crippen molar-refractivity contribution in [2.45, 2.75) is 19.8 Å². The number of aromatic nitrogens is 1. The van der Waals surface area contributed by atoms with E-state index in [1.54, 1.807) is 0 Å². The van der Waals surface area contributed by atoms with E-state index in [2.05, 4.69) is 115 Å². The van der Waals surface area contributed by atoms with E-state index in [0.717, 1.165) is 0 Å². The van der Waals surface area contributed by atoms with Gasteiger partial charge in [-0.25, -0.2) is 0 Å². The maximum Gasteiger partial charge on any atom is 0.0543 e. The van der Waals surface area contributed by atoms with Gasteiger partial charge in [0.2, 0.25) is 0 Å². The summed E-state index contributed by atoms with van der Waals surface area (Å²) in [6, 6.07) is 35.0. The average molecular weight is 361 g/mol. The van der Waals surface area contributed by atoms with Crippen molar-refractivity contribution in [2.75, 3.05) is 0 Å². The largest absolute Gasteiger partial charge is 0.309 e. The molecule has 0 spiro atoms. The molecule has 1 nitrogen and oxygen atoms in total. The van der Waals surface area contributed by atoms with Gasteiger partial charge in [0.1, 0.15) is 0 Å². The molecule has 1 heteroatoms. The zero-order valence-corrected chi connectivity index (χ0v) is 16.3. The number of para-hydroxylation sites is 1. The van der Waals surface area contributed by atoms with Crippen molar-refractivity contribution in [1.29, 1.82) is 0 Å². The number of benzene rings is 4. The molecule has 136 valence electrons. The second-order valence-electron chi connectivity index (χ2n) is 7.70. The Bertz CT molecular complexity index is 1280. The lowest BCUT2D eigenvalue weighted by molar-refractivity contribution is 0.868. The van der Waals surface area contributed by atoms with Gasteiger partial charge in [0.05, 0.1) is 11.0 Å². The van der Waals surface area contributed by atoms with Crippen molar-refractivity contribution in [2.24, 2.45) is 0 Å². The molecule has 0 aliphatic heterocycles. The topological polar surface area (TPSA) is 4.93 Å². The average Bonchev–Trinajstić information content (AvgIpc) is 3.08. The molecule has 4 aromatic carbocycles. The van der Waals surface area contributed by atoms with Crippen LogP contribution < -0.4 is 0 Å². The third-order valence-electron chi connectivity index (χ3n) is 5.58. The monoisotopic (exact) mass is 361 g/mol. The predicted octanol–water partition coefficient (Wildman–Crippen LogP) is 7.57. The minimum Gasteiger partial charge on any atom is -0.309 e. The Kier molecular flexibility index (Phi) is 4.02. The second-order valence-corrected chi connectivity index (χ2v) is 7.70. The van der Waals surface area contributed by atoms with Crippen molar-refractivity contribution in [3.05, 3.63) is 103 Å². The van der Waals surface area contributed by atoms with Gasteiger partial charge in [-0.3, -0.25) is 0 Å². The van der Waals surface area contributed by atoms with Crippen LogP contribution >= 0.6 is 0 Å². The van der Waals surface area contributed by atoms with Gasteiger partial charge in [0.15, 0.2) is 0 Å². The molecule has 28 heavy (non-hydrogen) atoms. The van der Waals surface area contributed by atoms with Crippen LogP contribution in [0, 0.1) is 0 Å². The quantitative estimate of drug-likeness (QED) is 0.312. The molecular formula is C27H23N. The van der Waals surface area contributed by atoms with Crippen LogP contribution in [0.1, 0.15) is 25.3 Å². The third kappa shape index (κ3) is 2.71. The Morgan fingerprint density at radius 1 is 0.571 bits per heavy atom. The fourth-order valence-corrected chi connectivity index (χ4v) is 4.08. The molecule has 0 saturated carbocycles. The van der Waals surface area contributed by atoms with Gasteiger partial charge in [0, 0.05) is 16.5 Å². The fourth-order valence-electron chi connectivity index (χ4n) is 4.08. The minimum atomic E-state index is 0.506. The molecule has 0 amide bonds. The Morgan fingerprint density at radius 3 is 2.11 bits per heavy atom. The maximum atomic E-state index is 2.41. The van der Waals surface area contributed by atoms with E-state index in [-0.39, 0.29) is 0 Å². The Hall–Kier alpha value is -3.32. The minimum absolute atomic E-state index is 0.506. The van der Waals surface area contributed by atoms with Crippen LogP contribution in [-0.4, -0.2) is 4.57 Å². The van der Waals surface area contributed by atoms with E-state index in [9.17, 15) is 0 Å². The summed E-state index contributed by atoms with van der Waals surface area (Å²) in [7, 11) is 0. The van der Waals surface area contributed by atoms with Crippen LogP contribution in [0.3, 0.4) is 0 Å². The molecule has 0 N–H and O–H groups in total. The summed E-state index contributed by atoms with van der Waals surface area (Å²) in [5, 5.41) is 2.61.